The van der Waals surface area contributed by atoms with E-state index in [0.717, 1.165) is 18.2 Å². The zero-order valence-corrected chi connectivity index (χ0v) is 23.3. The Hall–Kier alpha value is -3.71. The molecule has 2 fully saturated rings. The third-order valence-corrected chi connectivity index (χ3v) is 7.54. The normalized spacial score (nSPS) is 32.5. The van der Waals surface area contributed by atoms with E-state index in [9.17, 15) is 50.8 Å². The van der Waals surface area contributed by atoms with Crippen molar-refractivity contribution in [2.45, 2.75) is 68.3 Å². The Kier molecular flexibility index (Phi) is 8.90. The standard InChI is InChI=1S/C28H32O16/c1-9-18(33)21(36)23(38)27(40-9)44-26-22(37)19(34)16(8-29)42-28(26)43-25-20(35)17-14(32)6-11(39-2)7-15(17)41-24(25)10-3-4-12(30)13(31)5-10/h3-7,9,16,18-19,21-23,26-34,36-38H,8H2,1-2H3/t9-,16+,18-,19-,21+,22+,23-,26+,27-,28-/m0/s1. The molecular formula is C28H32O16. The van der Waals surface area contributed by atoms with E-state index in [0.29, 0.717) is 0 Å². The molecule has 0 radical (unpaired) electrons. The number of aromatic hydroxyl groups is 3. The summed E-state index contributed by atoms with van der Waals surface area (Å²) in [6.07, 6.45) is -16.5. The van der Waals surface area contributed by atoms with E-state index in [1.54, 1.807) is 0 Å². The van der Waals surface area contributed by atoms with Gasteiger partial charge in [0, 0.05) is 17.7 Å². The van der Waals surface area contributed by atoms with Gasteiger partial charge in [0.25, 0.3) is 0 Å². The third-order valence-electron chi connectivity index (χ3n) is 7.54. The average Bonchev–Trinajstić information content (AvgIpc) is 3.00. The summed E-state index contributed by atoms with van der Waals surface area (Å²) in [4.78, 5) is 13.9. The van der Waals surface area contributed by atoms with Gasteiger partial charge in [-0.15, -0.1) is 0 Å². The molecule has 0 amide bonds. The second kappa shape index (κ2) is 12.4. The first-order valence-electron chi connectivity index (χ1n) is 13.4. The van der Waals surface area contributed by atoms with Gasteiger partial charge in [0.1, 0.15) is 59.1 Å². The molecule has 240 valence electrons. The highest BCUT2D eigenvalue weighted by Crippen LogP contribution is 2.40. The van der Waals surface area contributed by atoms with Crippen molar-refractivity contribution in [1.29, 1.82) is 0 Å². The fourth-order valence-corrected chi connectivity index (χ4v) is 5.03. The van der Waals surface area contributed by atoms with Gasteiger partial charge in [0.2, 0.25) is 17.5 Å². The van der Waals surface area contributed by atoms with Crippen LogP contribution in [-0.2, 0) is 14.2 Å². The second-order valence-corrected chi connectivity index (χ2v) is 10.4. The first-order valence-corrected chi connectivity index (χ1v) is 13.4. The maximum atomic E-state index is 13.9. The van der Waals surface area contributed by atoms with Crippen LogP contribution >= 0.6 is 0 Å². The summed E-state index contributed by atoms with van der Waals surface area (Å²) in [5.41, 5.74) is -1.14. The van der Waals surface area contributed by atoms with Crippen LogP contribution < -0.4 is 14.9 Å². The van der Waals surface area contributed by atoms with Crippen LogP contribution in [0.2, 0.25) is 0 Å². The zero-order valence-electron chi connectivity index (χ0n) is 23.3. The van der Waals surface area contributed by atoms with E-state index in [4.69, 9.17) is 28.1 Å². The Morgan fingerprint density at radius 3 is 2.20 bits per heavy atom. The molecule has 44 heavy (non-hydrogen) atoms. The molecule has 16 heteroatoms. The number of methoxy groups -OCH3 is 1. The summed E-state index contributed by atoms with van der Waals surface area (Å²) >= 11 is 0. The van der Waals surface area contributed by atoms with Crippen molar-refractivity contribution < 1.29 is 74.1 Å². The monoisotopic (exact) mass is 624 g/mol. The summed E-state index contributed by atoms with van der Waals surface area (Å²) < 4.78 is 33.7. The largest absolute Gasteiger partial charge is 0.507 e. The highest BCUT2D eigenvalue weighted by molar-refractivity contribution is 5.88. The van der Waals surface area contributed by atoms with Crippen molar-refractivity contribution >= 4 is 11.0 Å². The molecule has 0 aliphatic carbocycles. The van der Waals surface area contributed by atoms with Gasteiger partial charge in [-0.1, -0.05) is 0 Å². The average molecular weight is 625 g/mol. The zero-order chi connectivity index (χ0) is 32.0. The molecule has 16 nitrogen and oxygen atoms in total. The minimum atomic E-state index is -1.90. The molecule has 3 heterocycles. The van der Waals surface area contributed by atoms with E-state index in [2.05, 4.69) is 0 Å². The van der Waals surface area contributed by atoms with Gasteiger partial charge in [-0.25, -0.2) is 0 Å². The number of hydrogen-bond donors (Lipinski definition) is 9. The van der Waals surface area contributed by atoms with Crippen LogP contribution in [-0.4, -0.2) is 121 Å². The quantitative estimate of drug-likeness (QED) is 0.137. The molecule has 0 bridgehead atoms. The Bertz CT molecular complexity index is 1560. The van der Waals surface area contributed by atoms with Crippen molar-refractivity contribution in [3.05, 3.63) is 40.6 Å². The predicted octanol–water partition coefficient (Wildman–Crippen LogP) is -1.38. The van der Waals surface area contributed by atoms with Gasteiger partial charge in [0.05, 0.1) is 19.8 Å². The molecule has 2 saturated heterocycles. The topological polar surface area (TPSA) is 258 Å². The van der Waals surface area contributed by atoms with E-state index < -0.39 is 96.4 Å². The highest BCUT2D eigenvalue weighted by Gasteiger charge is 2.51. The summed E-state index contributed by atoms with van der Waals surface area (Å²) in [6, 6.07) is 5.88. The molecule has 9 N–H and O–H groups in total. The second-order valence-electron chi connectivity index (χ2n) is 10.4. The number of benzene rings is 2. The molecule has 5 rings (SSSR count). The number of ether oxygens (including phenoxy) is 5. The van der Waals surface area contributed by atoms with Crippen LogP contribution in [0.1, 0.15) is 6.92 Å². The minimum absolute atomic E-state index is 0.00106. The molecule has 1 aromatic heterocycles. The fourth-order valence-electron chi connectivity index (χ4n) is 5.03. The molecule has 2 aliphatic rings. The summed E-state index contributed by atoms with van der Waals surface area (Å²) in [7, 11) is 1.32. The SMILES string of the molecule is COc1cc(O)c2c(=O)c(O[C@@H]3O[C@H](CO)[C@H](O)[C@@H](O)[C@H]3O[C@@H]3O[C@@H](C)[C@H](O)[C@@H](O)[C@@H]3O)c(-c3ccc(O)c(O)c3)oc2c1. The van der Waals surface area contributed by atoms with Crippen molar-refractivity contribution in [2.24, 2.45) is 0 Å². The van der Waals surface area contributed by atoms with Gasteiger partial charge in [-0.05, 0) is 25.1 Å². The minimum Gasteiger partial charge on any atom is -0.507 e. The Labute approximate surface area is 248 Å². The number of fused-ring (bicyclic) bond motifs is 1. The Balaban J connectivity index is 1.63. The number of phenolic OH excluding ortho intramolecular Hbond substituents is 3. The van der Waals surface area contributed by atoms with E-state index in [-0.39, 0.29) is 28.0 Å². The van der Waals surface area contributed by atoms with Gasteiger partial charge in [-0.2, -0.15) is 0 Å². The van der Waals surface area contributed by atoms with Crippen LogP contribution in [0.15, 0.2) is 39.5 Å². The lowest BCUT2D eigenvalue weighted by molar-refractivity contribution is -0.354. The molecule has 2 aliphatic heterocycles. The maximum absolute atomic E-state index is 13.9. The van der Waals surface area contributed by atoms with Gasteiger partial charge in [0.15, 0.2) is 29.7 Å². The van der Waals surface area contributed by atoms with Gasteiger partial charge < -0.3 is 74.1 Å². The van der Waals surface area contributed by atoms with Crippen LogP contribution in [0.25, 0.3) is 22.3 Å². The lowest BCUT2D eigenvalue weighted by atomic mass is 9.97. The van der Waals surface area contributed by atoms with Crippen LogP contribution in [0.5, 0.6) is 28.7 Å². The molecule has 10 atom stereocenters. The Morgan fingerprint density at radius 2 is 1.55 bits per heavy atom. The van der Waals surface area contributed by atoms with Crippen LogP contribution in [0.3, 0.4) is 0 Å². The third kappa shape index (κ3) is 5.63. The maximum Gasteiger partial charge on any atom is 0.239 e. The molecular weight excluding hydrogens is 592 g/mol. The number of aliphatic hydroxyl groups is 6. The lowest BCUT2D eigenvalue weighted by Gasteiger charge is -2.45. The lowest BCUT2D eigenvalue weighted by Crippen LogP contribution is -2.64. The molecule has 0 saturated carbocycles. The van der Waals surface area contributed by atoms with Crippen molar-refractivity contribution in [1.82, 2.24) is 0 Å². The predicted molar refractivity (Wildman–Crippen MR) is 145 cm³/mol. The van der Waals surface area contributed by atoms with Crippen molar-refractivity contribution in [2.75, 3.05) is 13.7 Å². The summed E-state index contributed by atoms with van der Waals surface area (Å²) in [5, 5.41) is 92.3. The van der Waals surface area contributed by atoms with Crippen LogP contribution in [0.4, 0.5) is 0 Å². The van der Waals surface area contributed by atoms with Crippen molar-refractivity contribution in [3.63, 3.8) is 0 Å². The number of rotatable bonds is 7. The molecule has 0 spiro atoms. The Morgan fingerprint density at radius 1 is 0.818 bits per heavy atom. The molecule has 3 aromatic rings. The van der Waals surface area contributed by atoms with Gasteiger partial charge >= 0.3 is 0 Å². The fraction of sp³-hybridized carbons (Fsp3) is 0.464. The number of phenols is 3. The highest BCUT2D eigenvalue weighted by atomic mass is 16.8. The summed E-state index contributed by atoms with van der Waals surface area (Å²) in [6.45, 7) is 0.566. The smallest absolute Gasteiger partial charge is 0.239 e. The number of hydrogen-bond acceptors (Lipinski definition) is 16. The summed E-state index contributed by atoms with van der Waals surface area (Å²) in [5.74, 6) is -2.51. The van der Waals surface area contributed by atoms with Crippen LogP contribution in [0, 0.1) is 0 Å². The molecule has 2 aromatic carbocycles. The van der Waals surface area contributed by atoms with E-state index in [1.165, 1.54) is 26.2 Å². The van der Waals surface area contributed by atoms with E-state index >= 15 is 0 Å². The van der Waals surface area contributed by atoms with Crippen molar-refractivity contribution in [3.8, 4) is 40.1 Å². The first kappa shape index (κ1) is 31.7. The van der Waals surface area contributed by atoms with E-state index in [1.807, 2.05) is 0 Å². The van der Waals surface area contributed by atoms with Gasteiger partial charge in [-0.3, -0.25) is 4.79 Å². The number of aliphatic hydroxyl groups excluding tert-OH is 6. The molecule has 0 unspecified atom stereocenters. The first-order chi connectivity index (χ1) is 20.9.